The molecular formula is C13H18O2. The van der Waals surface area contributed by atoms with E-state index in [2.05, 4.69) is 0 Å². The van der Waals surface area contributed by atoms with Crippen molar-refractivity contribution in [3.8, 4) is 0 Å². The van der Waals surface area contributed by atoms with Gasteiger partial charge in [0, 0.05) is 12.8 Å². The van der Waals surface area contributed by atoms with E-state index in [1.54, 1.807) is 0 Å². The van der Waals surface area contributed by atoms with Gasteiger partial charge in [-0.15, -0.1) is 0 Å². The number of benzene rings is 1. The second-order valence-electron chi connectivity index (χ2n) is 3.77. The third-order valence-electron chi connectivity index (χ3n) is 2.47. The quantitative estimate of drug-likeness (QED) is 0.775. The molecule has 82 valence electrons. The van der Waals surface area contributed by atoms with Crippen LogP contribution >= 0.6 is 0 Å². The summed E-state index contributed by atoms with van der Waals surface area (Å²) in [5.41, 5.74) is 1.21. The van der Waals surface area contributed by atoms with Crippen LogP contribution in [0.5, 0.6) is 0 Å². The van der Waals surface area contributed by atoms with E-state index in [-0.39, 0.29) is 5.78 Å². The molecule has 0 aliphatic heterocycles. The predicted molar refractivity (Wildman–Crippen MR) is 60.7 cm³/mol. The van der Waals surface area contributed by atoms with E-state index in [9.17, 15) is 9.90 Å². The molecule has 1 aromatic rings. The standard InChI is InChI=1S/C13H18O2/c1-2-12(14)10-13(15)9-8-11-6-4-3-5-7-11/h3-7,13,15H,2,8-10H2,1H3/t13-/m1/s1. The Labute approximate surface area is 90.9 Å². The molecule has 0 radical (unpaired) electrons. The van der Waals surface area contributed by atoms with E-state index < -0.39 is 6.10 Å². The van der Waals surface area contributed by atoms with Crippen LogP contribution in [-0.4, -0.2) is 17.0 Å². The summed E-state index contributed by atoms with van der Waals surface area (Å²) in [7, 11) is 0. The molecule has 0 saturated heterocycles. The summed E-state index contributed by atoms with van der Waals surface area (Å²) in [6, 6.07) is 10.0. The molecule has 0 fully saturated rings. The van der Waals surface area contributed by atoms with Crippen LogP contribution < -0.4 is 0 Å². The van der Waals surface area contributed by atoms with E-state index >= 15 is 0 Å². The maximum Gasteiger partial charge on any atom is 0.135 e. The molecule has 0 aliphatic rings. The second-order valence-corrected chi connectivity index (χ2v) is 3.77. The highest BCUT2D eigenvalue weighted by atomic mass is 16.3. The van der Waals surface area contributed by atoms with Gasteiger partial charge in [-0.3, -0.25) is 4.79 Å². The van der Waals surface area contributed by atoms with Gasteiger partial charge in [0.05, 0.1) is 6.10 Å². The van der Waals surface area contributed by atoms with E-state index in [4.69, 9.17) is 0 Å². The summed E-state index contributed by atoms with van der Waals surface area (Å²) in [6.07, 6.45) is 1.82. The van der Waals surface area contributed by atoms with Crippen LogP contribution in [0.4, 0.5) is 0 Å². The number of rotatable bonds is 6. The molecule has 15 heavy (non-hydrogen) atoms. The molecule has 0 aromatic heterocycles. The monoisotopic (exact) mass is 206 g/mol. The minimum absolute atomic E-state index is 0.135. The summed E-state index contributed by atoms with van der Waals surface area (Å²) in [6.45, 7) is 1.83. The Morgan fingerprint density at radius 1 is 1.33 bits per heavy atom. The average Bonchev–Trinajstić information content (AvgIpc) is 2.27. The predicted octanol–water partition coefficient (Wildman–Crippen LogP) is 2.35. The van der Waals surface area contributed by atoms with Crippen molar-refractivity contribution in [3.63, 3.8) is 0 Å². The van der Waals surface area contributed by atoms with Crippen molar-refractivity contribution in [2.24, 2.45) is 0 Å². The van der Waals surface area contributed by atoms with Gasteiger partial charge in [0.1, 0.15) is 5.78 Å². The van der Waals surface area contributed by atoms with E-state index in [1.165, 1.54) is 5.56 Å². The van der Waals surface area contributed by atoms with Crippen molar-refractivity contribution in [2.75, 3.05) is 0 Å². The molecule has 1 aromatic carbocycles. The van der Waals surface area contributed by atoms with Crippen molar-refractivity contribution >= 4 is 5.78 Å². The van der Waals surface area contributed by atoms with Gasteiger partial charge in [0.25, 0.3) is 0 Å². The lowest BCUT2D eigenvalue weighted by atomic mass is 10.0. The van der Waals surface area contributed by atoms with Crippen molar-refractivity contribution in [1.29, 1.82) is 0 Å². The van der Waals surface area contributed by atoms with E-state index in [1.807, 2.05) is 37.3 Å². The number of hydrogen-bond donors (Lipinski definition) is 1. The van der Waals surface area contributed by atoms with Crippen molar-refractivity contribution < 1.29 is 9.90 Å². The molecule has 0 heterocycles. The number of carbonyl (C=O) groups excluding carboxylic acids is 1. The van der Waals surface area contributed by atoms with Crippen LogP contribution in [0.2, 0.25) is 0 Å². The smallest absolute Gasteiger partial charge is 0.135 e. The number of aryl methyl sites for hydroxylation is 1. The topological polar surface area (TPSA) is 37.3 Å². The van der Waals surface area contributed by atoms with Crippen LogP contribution in [0.25, 0.3) is 0 Å². The van der Waals surface area contributed by atoms with Crippen LogP contribution in [0.1, 0.15) is 31.7 Å². The average molecular weight is 206 g/mol. The van der Waals surface area contributed by atoms with Gasteiger partial charge in [0.15, 0.2) is 0 Å². The Hall–Kier alpha value is -1.15. The fourth-order valence-electron chi connectivity index (χ4n) is 1.49. The largest absolute Gasteiger partial charge is 0.393 e. The number of carbonyl (C=O) groups is 1. The lowest BCUT2D eigenvalue weighted by Crippen LogP contribution is -2.13. The van der Waals surface area contributed by atoms with Gasteiger partial charge < -0.3 is 5.11 Å². The molecule has 0 spiro atoms. The van der Waals surface area contributed by atoms with Gasteiger partial charge in [-0.25, -0.2) is 0 Å². The van der Waals surface area contributed by atoms with Gasteiger partial charge >= 0.3 is 0 Å². The highest BCUT2D eigenvalue weighted by Crippen LogP contribution is 2.08. The Morgan fingerprint density at radius 3 is 2.60 bits per heavy atom. The Morgan fingerprint density at radius 2 is 2.00 bits per heavy atom. The third-order valence-corrected chi connectivity index (χ3v) is 2.47. The van der Waals surface area contributed by atoms with Crippen molar-refractivity contribution in [3.05, 3.63) is 35.9 Å². The van der Waals surface area contributed by atoms with Crippen LogP contribution in [0, 0.1) is 0 Å². The number of ketones is 1. The van der Waals surface area contributed by atoms with Gasteiger partial charge in [-0.2, -0.15) is 0 Å². The lowest BCUT2D eigenvalue weighted by molar-refractivity contribution is -0.120. The lowest BCUT2D eigenvalue weighted by Gasteiger charge is -2.08. The fraction of sp³-hybridized carbons (Fsp3) is 0.462. The zero-order valence-corrected chi connectivity index (χ0v) is 9.15. The Balaban J connectivity index is 2.28. The van der Waals surface area contributed by atoms with Gasteiger partial charge in [-0.05, 0) is 18.4 Å². The summed E-state index contributed by atoms with van der Waals surface area (Å²) >= 11 is 0. The zero-order chi connectivity index (χ0) is 11.1. The Kier molecular flexibility index (Phi) is 5.05. The molecule has 0 aliphatic carbocycles. The maximum atomic E-state index is 11.1. The number of hydrogen-bond acceptors (Lipinski definition) is 2. The molecule has 0 saturated carbocycles. The summed E-state index contributed by atoms with van der Waals surface area (Å²) in [5.74, 6) is 0.135. The van der Waals surface area contributed by atoms with E-state index in [0.717, 1.165) is 6.42 Å². The SMILES string of the molecule is CCC(=O)C[C@H](O)CCc1ccccc1. The molecule has 2 nitrogen and oxygen atoms in total. The molecule has 0 unspecified atom stereocenters. The minimum atomic E-state index is -0.488. The second kappa shape index (κ2) is 6.36. The molecule has 1 rings (SSSR count). The minimum Gasteiger partial charge on any atom is -0.393 e. The van der Waals surface area contributed by atoms with Gasteiger partial charge in [-0.1, -0.05) is 37.3 Å². The normalized spacial score (nSPS) is 12.4. The van der Waals surface area contributed by atoms with Crippen LogP contribution in [0.15, 0.2) is 30.3 Å². The van der Waals surface area contributed by atoms with Crippen molar-refractivity contribution in [1.82, 2.24) is 0 Å². The van der Waals surface area contributed by atoms with Gasteiger partial charge in [0.2, 0.25) is 0 Å². The molecule has 0 amide bonds. The summed E-state index contributed by atoms with van der Waals surface area (Å²) < 4.78 is 0. The molecular weight excluding hydrogens is 188 g/mol. The first kappa shape index (κ1) is 11.9. The first-order valence-corrected chi connectivity index (χ1v) is 5.46. The Bertz CT molecular complexity index is 293. The zero-order valence-electron chi connectivity index (χ0n) is 9.15. The number of aliphatic hydroxyl groups is 1. The fourth-order valence-corrected chi connectivity index (χ4v) is 1.49. The molecule has 1 atom stereocenters. The number of Topliss-reactive ketones (excluding diaryl/α,β-unsaturated/α-hetero) is 1. The molecule has 0 bridgehead atoms. The highest BCUT2D eigenvalue weighted by Gasteiger charge is 2.08. The third kappa shape index (κ3) is 4.75. The first-order valence-electron chi connectivity index (χ1n) is 5.46. The summed E-state index contributed by atoms with van der Waals surface area (Å²) in [5, 5.41) is 9.59. The first-order chi connectivity index (χ1) is 7.22. The van der Waals surface area contributed by atoms with Crippen LogP contribution in [0.3, 0.4) is 0 Å². The molecule has 2 heteroatoms. The van der Waals surface area contributed by atoms with E-state index in [0.29, 0.717) is 19.3 Å². The highest BCUT2D eigenvalue weighted by molar-refractivity contribution is 5.78. The summed E-state index contributed by atoms with van der Waals surface area (Å²) in [4.78, 5) is 11.1. The van der Waals surface area contributed by atoms with Crippen molar-refractivity contribution in [2.45, 2.75) is 38.7 Å². The number of aliphatic hydroxyl groups excluding tert-OH is 1. The van der Waals surface area contributed by atoms with Crippen LogP contribution in [-0.2, 0) is 11.2 Å². The molecule has 1 N–H and O–H groups in total. The maximum absolute atomic E-state index is 11.1.